The molecule has 1 aliphatic rings. The second-order valence-electron chi connectivity index (χ2n) is 3.88. The van der Waals surface area contributed by atoms with Gasteiger partial charge in [-0.1, -0.05) is 0 Å². The van der Waals surface area contributed by atoms with Crippen molar-refractivity contribution in [3.05, 3.63) is 0 Å². The highest BCUT2D eigenvalue weighted by molar-refractivity contribution is 5.69. The zero-order valence-corrected chi connectivity index (χ0v) is 9.12. The van der Waals surface area contributed by atoms with Gasteiger partial charge in [-0.15, -0.1) is 0 Å². The van der Waals surface area contributed by atoms with Crippen LogP contribution in [-0.4, -0.2) is 25.8 Å². The predicted octanol–water partition coefficient (Wildman–Crippen LogP) is 2.14. The molecule has 0 aromatic carbocycles. The Balaban J connectivity index is 2.18. The first-order valence-corrected chi connectivity index (χ1v) is 5.44. The molecule has 14 heavy (non-hydrogen) atoms. The third kappa shape index (κ3) is 3.66. The molecule has 3 nitrogen and oxygen atoms in total. The highest BCUT2D eigenvalue weighted by Crippen LogP contribution is 2.28. The molecule has 0 unspecified atom stereocenters. The molecule has 1 aliphatic carbocycles. The lowest BCUT2D eigenvalue weighted by atomic mass is 9.85. The van der Waals surface area contributed by atoms with Gasteiger partial charge in [0.05, 0.1) is 13.2 Å². The number of ether oxygens (including phenoxy) is 2. The van der Waals surface area contributed by atoms with Crippen LogP contribution in [0.1, 0.15) is 39.0 Å². The molecule has 0 N–H and O–H groups in total. The number of hydrogen-bond donors (Lipinski definition) is 0. The fraction of sp³-hybridized carbons (Fsp3) is 0.909. The van der Waals surface area contributed by atoms with Crippen LogP contribution in [0.15, 0.2) is 0 Å². The molecule has 0 aromatic heterocycles. The van der Waals surface area contributed by atoms with Gasteiger partial charge in [-0.05, 0) is 38.5 Å². The van der Waals surface area contributed by atoms with Crippen LogP contribution in [0.2, 0.25) is 0 Å². The molecule has 0 radical (unpaired) electrons. The van der Waals surface area contributed by atoms with Crippen molar-refractivity contribution < 1.29 is 14.3 Å². The van der Waals surface area contributed by atoms with Crippen LogP contribution in [-0.2, 0) is 14.3 Å². The van der Waals surface area contributed by atoms with Crippen molar-refractivity contribution in [3.63, 3.8) is 0 Å². The van der Waals surface area contributed by atoms with E-state index in [1.165, 1.54) is 7.11 Å². The summed E-state index contributed by atoms with van der Waals surface area (Å²) in [6.45, 7) is 2.83. The van der Waals surface area contributed by atoms with Crippen molar-refractivity contribution in [3.8, 4) is 0 Å². The molecule has 0 aliphatic heterocycles. The van der Waals surface area contributed by atoms with E-state index in [0.29, 0.717) is 18.4 Å². The molecule has 0 bridgehead atoms. The molecule has 82 valence electrons. The first-order valence-electron chi connectivity index (χ1n) is 5.44. The van der Waals surface area contributed by atoms with Crippen molar-refractivity contribution in [1.82, 2.24) is 0 Å². The third-order valence-corrected chi connectivity index (χ3v) is 2.88. The number of esters is 1. The van der Waals surface area contributed by atoms with Gasteiger partial charge in [-0.2, -0.15) is 0 Å². The molecule has 0 aromatic rings. The summed E-state index contributed by atoms with van der Waals surface area (Å²) in [5, 5.41) is 0. The molecular weight excluding hydrogens is 180 g/mol. The molecule has 3 heteroatoms. The van der Waals surface area contributed by atoms with Crippen LogP contribution >= 0.6 is 0 Å². The largest absolute Gasteiger partial charge is 0.469 e. The van der Waals surface area contributed by atoms with Crippen molar-refractivity contribution in [2.45, 2.75) is 45.1 Å². The van der Waals surface area contributed by atoms with E-state index in [9.17, 15) is 4.79 Å². The van der Waals surface area contributed by atoms with E-state index in [4.69, 9.17) is 4.74 Å². The Morgan fingerprint density at radius 1 is 1.29 bits per heavy atom. The van der Waals surface area contributed by atoms with E-state index < -0.39 is 0 Å². The number of rotatable bonds is 4. The Labute approximate surface area is 85.8 Å². The summed E-state index contributed by atoms with van der Waals surface area (Å²) < 4.78 is 10.2. The first kappa shape index (κ1) is 11.5. The molecule has 0 saturated heterocycles. The summed E-state index contributed by atoms with van der Waals surface area (Å²) in [5.74, 6) is 0.434. The van der Waals surface area contributed by atoms with Gasteiger partial charge in [-0.25, -0.2) is 0 Å². The second kappa shape index (κ2) is 6.02. The topological polar surface area (TPSA) is 35.5 Å². The summed E-state index contributed by atoms with van der Waals surface area (Å²) >= 11 is 0. The monoisotopic (exact) mass is 200 g/mol. The normalized spacial score (nSPS) is 27.3. The van der Waals surface area contributed by atoms with E-state index in [1.807, 2.05) is 6.92 Å². The zero-order chi connectivity index (χ0) is 10.4. The maximum Gasteiger partial charge on any atom is 0.305 e. The Morgan fingerprint density at radius 3 is 2.43 bits per heavy atom. The molecule has 0 heterocycles. The summed E-state index contributed by atoms with van der Waals surface area (Å²) in [6.07, 6.45) is 5.38. The van der Waals surface area contributed by atoms with E-state index in [-0.39, 0.29) is 5.97 Å². The molecule has 1 fully saturated rings. The quantitative estimate of drug-likeness (QED) is 0.652. The van der Waals surface area contributed by atoms with Crippen LogP contribution < -0.4 is 0 Å². The minimum absolute atomic E-state index is 0.0788. The Hall–Kier alpha value is -0.570. The van der Waals surface area contributed by atoms with E-state index in [1.54, 1.807) is 0 Å². The van der Waals surface area contributed by atoms with Gasteiger partial charge in [0.25, 0.3) is 0 Å². The average molecular weight is 200 g/mol. The Morgan fingerprint density at radius 2 is 1.93 bits per heavy atom. The summed E-state index contributed by atoms with van der Waals surface area (Å²) in [4.78, 5) is 11.0. The molecule has 0 amide bonds. The Bertz CT molecular complexity index is 171. The number of carbonyl (C=O) groups excluding carboxylic acids is 1. The fourth-order valence-electron chi connectivity index (χ4n) is 2.06. The van der Waals surface area contributed by atoms with Gasteiger partial charge in [0, 0.05) is 13.0 Å². The lowest BCUT2D eigenvalue weighted by molar-refractivity contribution is -0.142. The molecule has 0 spiro atoms. The van der Waals surface area contributed by atoms with Gasteiger partial charge in [-0.3, -0.25) is 4.79 Å². The predicted molar refractivity (Wildman–Crippen MR) is 54.0 cm³/mol. The first-order chi connectivity index (χ1) is 6.76. The van der Waals surface area contributed by atoms with Crippen molar-refractivity contribution in [2.24, 2.45) is 5.92 Å². The van der Waals surface area contributed by atoms with Gasteiger partial charge in [0.15, 0.2) is 0 Å². The van der Waals surface area contributed by atoms with Crippen molar-refractivity contribution >= 4 is 5.97 Å². The van der Waals surface area contributed by atoms with Gasteiger partial charge in [0.2, 0.25) is 0 Å². The van der Waals surface area contributed by atoms with Crippen molar-refractivity contribution in [2.75, 3.05) is 13.7 Å². The van der Waals surface area contributed by atoms with Gasteiger partial charge >= 0.3 is 5.97 Å². The minimum atomic E-state index is -0.0788. The van der Waals surface area contributed by atoms with E-state index in [2.05, 4.69) is 4.74 Å². The summed E-state index contributed by atoms with van der Waals surface area (Å²) in [7, 11) is 1.45. The van der Waals surface area contributed by atoms with Crippen molar-refractivity contribution in [1.29, 1.82) is 0 Å². The molecule has 1 saturated carbocycles. The molecule has 1 rings (SSSR count). The van der Waals surface area contributed by atoms with Gasteiger partial charge in [0.1, 0.15) is 0 Å². The molecular formula is C11H20O3. The maximum atomic E-state index is 11.0. The standard InChI is InChI=1S/C11H20O3/c1-3-14-10-6-4-9(5-7-10)8-11(12)13-2/h9-10H,3-8H2,1-2H3. The lowest BCUT2D eigenvalue weighted by Gasteiger charge is -2.27. The molecule has 0 atom stereocenters. The van der Waals surface area contributed by atoms with Crippen LogP contribution in [0.25, 0.3) is 0 Å². The summed E-state index contributed by atoms with van der Waals surface area (Å²) in [5.41, 5.74) is 0. The van der Waals surface area contributed by atoms with E-state index in [0.717, 1.165) is 32.3 Å². The van der Waals surface area contributed by atoms with Crippen LogP contribution in [0, 0.1) is 5.92 Å². The lowest BCUT2D eigenvalue weighted by Crippen LogP contribution is -2.23. The zero-order valence-electron chi connectivity index (χ0n) is 9.12. The number of hydrogen-bond acceptors (Lipinski definition) is 3. The fourth-order valence-corrected chi connectivity index (χ4v) is 2.06. The minimum Gasteiger partial charge on any atom is -0.469 e. The number of carbonyl (C=O) groups is 1. The maximum absolute atomic E-state index is 11.0. The highest BCUT2D eigenvalue weighted by atomic mass is 16.5. The van der Waals surface area contributed by atoms with Crippen LogP contribution in [0.3, 0.4) is 0 Å². The van der Waals surface area contributed by atoms with E-state index >= 15 is 0 Å². The van der Waals surface area contributed by atoms with Gasteiger partial charge < -0.3 is 9.47 Å². The van der Waals surface area contributed by atoms with Crippen LogP contribution in [0.4, 0.5) is 0 Å². The van der Waals surface area contributed by atoms with Crippen LogP contribution in [0.5, 0.6) is 0 Å². The summed E-state index contributed by atoms with van der Waals surface area (Å²) in [6, 6.07) is 0. The number of methoxy groups -OCH3 is 1. The third-order valence-electron chi connectivity index (χ3n) is 2.88. The average Bonchev–Trinajstić information content (AvgIpc) is 2.21. The smallest absolute Gasteiger partial charge is 0.305 e. The second-order valence-corrected chi connectivity index (χ2v) is 3.88. The SMILES string of the molecule is CCOC1CCC(CC(=O)OC)CC1. The Kier molecular flexibility index (Phi) is 4.94. The highest BCUT2D eigenvalue weighted by Gasteiger charge is 2.23.